The Balaban J connectivity index is 1.99. The lowest BCUT2D eigenvalue weighted by molar-refractivity contribution is 0.400. The van der Waals surface area contributed by atoms with E-state index in [1.165, 1.54) is 18.4 Å². The minimum atomic E-state index is -1.37. The number of thiophene rings is 1. The maximum Gasteiger partial charge on any atom is 0.258 e. The first-order valence-corrected chi connectivity index (χ1v) is 7.83. The van der Waals surface area contributed by atoms with Crippen molar-refractivity contribution in [2.75, 3.05) is 11.8 Å². The lowest BCUT2D eigenvalue weighted by atomic mass is 10.3. The van der Waals surface area contributed by atoms with Crippen LogP contribution in [-0.2, 0) is 11.0 Å². The van der Waals surface area contributed by atoms with Gasteiger partial charge in [0.15, 0.2) is 11.0 Å². The highest BCUT2D eigenvalue weighted by Crippen LogP contribution is 2.25. The van der Waals surface area contributed by atoms with Crippen LogP contribution in [-0.4, -0.2) is 21.3 Å². The molecule has 0 radical (unpaired) electrons. The summed E-state index contributed by atoms with van der Waals surface area (Å²) in [6.07, 6.45) is 0. The number of hydrogen-bond acceptors (Lipinski definition) is 5. The molecule has 1 aromatic carbocycles. The van der Waals surface area contributed by atoms with Gasteiger partial charge in [0.05, 0.1) is 18.1 Å². The minimum absolute atomic E-state index is 0.327. The summed E-state index contributed by atoms with van der Waals surface area (Å²) in [6, 6.07) is 11.1. The van der Waals surface area contributed by atoms with Crippen LogP contribution in [0.25, 0.3) is 11.0 Å². The van der Waals surface area contributed by atoms with Crippen molar-refractivity contribution < 1.29 is 8.95 Å². The van der Waals surface area contributed by atoms with Crippen molar-refractivity contribution in [2.45, 2.75) is 4.21 Å². The Hall–Kier alpha value is -1.99. The number of rotatable bonds is 4. The molecule has 1 atom stereocenters. The summed E-state index contributed by atoms with van der Waals surface area (Å²) in [6.45, 7) is 0. The topological polar surface area (TPSA) is 64.1 Å². The normalized spacial score (nSPS) is 12.2. The molecule has 0 aliphatic rings. The van der Waals surface area contributed by atoms with Gasteiger partial charge in [0.25, 0.3) is 5.88 Å². The van der Waals surface area contributed by atoms with Crippen LogP contribution in [0.2, 0.25) is 0 Å². The van der Waals surface area contributed by atoms with Gasteiger partial charge in [-0.3, -0.25) is 4.72 Å². The molecule has 2 aromatic heterocycles. The van der Waals surface area contributed by atoms with Gasteiger partial charge in [-0.05, 0) is 23.6 Å². The minimum Gasteiger partial charge on any atom is -0.478 e. The molecule has 3 aromatic rings. The van der Waals surface area contributed by atoms with E-state index in [-0.39, 0.29) is 0 Å². The maximum absolute atomic E-state index is 12.2. The van der Waals surface area contributed by atoms with Crippen molar-refractivity contribution in [3.63, 3.8) is 0 Å². The largest absolute Gasteiger partial charge is 0.478 e. The number of para-hydroxylation sites is 2. The number of anilines is 1. The molecule has 0 fully saturated rings. The number of nitrogens with one attached hydrogen (secondary N) is 1. The van der Waals surface area contributed by atoms with E-state index in [0.29, 0.717) is 11.7 Å². The molecule has 1 N–H and O–H groups in total. The number of hydrogen-bond donors (Lipinski definition) is 1. The van der Waals surface area contributed by atoms with Gasteiger partial charge in [0, 0.05) is 0 Å². The number of ether oxygens (including phenoxy) is 1. The van der Waals surface area contributed by atoms with E-state index in [1.807, 2.05) is 35.7 Å². The Kier molecular flexibility index (Phi) is 3.62. The van der Waals surface area contributed by atoms with Crippen LogP contribution in [0, 0.1) is 0 Å². The monoisotopic (exact) mass is 305 g/mol. The standard InChI is InChI=1S/C13H11N3O2S2/c1-18-13-12(16-20(17)11-7-4-8-19-11)14-9-5-2-3-6-10(9)15-13/h2-8H,1H3,(H,14,16). The number of nitrogens with zero attached hydrogens (tertiary/aromatic N) is 2. The van der Waals surface area contributed by atoms with Gasteiger partial charge in [0.2, 0.25) is 5.82 Å². The van der Waals surface area contributed by atoms with Gasteiger partial charge < -0.3 is 4.74 Å². The second-order valence-electron chi connectivity index (χ2n) is 3.87. The third-order valence-electron chi connectivity index (χ3n) is 2.60. The first-order valence-electron chi connectivity index (χ1n) is 5.80. The molecule has 2 heterocycles. The molecule has 0 saturated carbocycles. The fraction of sp³-hybridized carbons (Fsp3) is 0.0769. The molecule has 0 bridgehead atoms. The average Bonchev–Trinajstić information content (AvgIpc) is 3.01. The zero-order chi connectivity index (χ0) is 13.9. The summed E-state index contributed by atoms with van der Waals surface area (Å²) in [4.78, 5) is 8.76. The smallest absolute Gasteiger partial charge is 0.258 e. The summed E-state index contributed by atoms with van der Waals surface area (Å²) < 4.78 is 20.9. The van der Waals surface area contributed by atoms with Crippen LogP contribution in [0.1, 0.15) is 0 Å². The lowest BCUT2D eigenvalue weighted by Crippen LogP contribution is -2.07. The van der Waals surface area contributed by atoms with Gasteiger partial charge in [-0.15, -0.1) is 11.3 Å². The Morgan fingerprint density at radius 2 is 1.90 bits per heavy atom. The van der Waals surface area contributed by atoms with Crippen LogP contribution in [0.5, 0.6) is 5.88 Å². The quantitative estimate of drug-likeness (QED) is 0.805. The Morgan fingerprint density at radius 3 is 2.55 bits per heavy atom. The molecule has 20 heavy (non-hydrogen) atoms. The molecule has 0 aliphatic carbocycles. The predicted molar refractivity (Wildman–Crippen MR) is 80.4 cm³/mol. The first kappa shape index (κ1) is 13.0. The number of methoxy groups -OCH3 is 1. The van der Waals surface area contributed by atoms with Crippen molar-refractivity contribution in [1.29, 1.82) is 0 Å². The zero-order valence-electron chi connectivity index (χ0n) is 10.6. The van der Waals surface area contributed by atoms with Crippen molar-refractivity contribution in [1.82, 2.24) is 9.97 Å². The SMILES string of the molecule is COc1nc2ccccc2nc1NS(=O)c1cccs1. The number of aromatic nitrogens is 2. The molecule has 1 unspecified atom stereocenters. The fourth-order valence-electron chi connectivity index (χ4n) is 1.70. The summed E-state index contributed by atoms with van der Waals surface area (Å²) >= 11 is 1.42. The van der Waals surface area contributed by atoms with Gasteiger partial charge in [-0.25, -0.2) is 14.2 Å². The van der Waals surface area contributed by atoms with Gasteiger partial charge >= 0.3 is 0 Å². The van der Waals surface area contributed by atoms with Gasteiger partial charge in [0.1, 0.15) is 4.21 Å². The second kappa shape index (κ2) is 5.56. The third-order valence-corrected chi connectivity index (χ3v) is 4.88. The average molecular weight is 305 g/mol. The Morgan fingerprint density at radius 1 is 1.15 bits per heavy atom. The van der Waals surface area contributed by atoms with E-state index >= 15 is 0 Å². The van der Waals surface area contributed by atoms with Gasteiger partial charge in [-0.2, -0.15) is 0 Å². The summed E-state index contributed by atoms with van der Waals surface area (Å²) in [7, 11) is 0.140. The number of fused-ring (bicyclic) bond motifs is 1. The number of benzene rings is 1. The van der Waals surface area contributed by atoms with Crippen LogP contribution >= 0.6 is 11.3 Å². The first-order chi connectivity index (χ1) is 9.78. The Labute approximate surface area is 122 Å². The highest BCUT2D eigenvalue weighted by atomic mass is 32.2. The van der Waals surface area contributed by atoms with Gasteiger partial charge in [-0.1, -0.05) is 18.2 Å². The van der Waals surface area contributed by atoms with E-state index in [1.54, 1.807) is 6.07 Å². The zero-order valence-corrected chi connectivity index (χ0v) is 12.2. The predicted octanol–water partition coefficient (Wildman–Crippen LogP) is 2.83. The molecule has 102 valence electrons. The van der Waals surface area contributed by atoms with Crippen molar-refractivity contribution >= 4 is 39.2 Å². The van der Waals surface area contributed by atoms with Crippen molar-refractivity contribution in [3.8, 4) is 5.88 Å². The van der Waals surface area contributed by atoms with Crippen LogP contribution in [0.15, 0.2) is 46.0 Å². The summed E-state index contributed by atoms with van der Waals surface area (Å²) in [5.74, 6) is 0.700. The van der Waals surface area contributed by atoms with E-state index in [9.17, 15) is 4.21 Å². The highest BCUT2D eigenvalue weighted by Gasteiger charge is 2.13. The van der Waals surface area contributed by atoms with Crippen LogP contribution < -0.4 is 9.46 Å². The molecule has 0 saturated heterocycles. The second-order valence-corrected chi connectivity index (χ2v) is 6.26. The van der Waals surface area contributed by atoms with Crippen LogP contribution in [0.4, 0.5) is 5.82 Å². The fourth-order valence-corrected chi connectivity index (χ4v) is 3.40. The maximum atomic E-state index is 12.2. The molecule has 5 nitrogen and oxygen atoms in total. The molecule has 0 aliphatic heterocycles. The van der Waals surface area contributed by atoms with E-state index < -0.39 is 11.0 Å². The third kappa shape index (κ3) is 2.50. The van der Waals surface area contributed by atoms with Crippen molar-refractivity contribution in [3.05, 3.63) is 41.8 Å². The molecular formula is C13H11N3O2S2. The molecule has 0 amide bonds. The molecule has 3 rings (SSSR count). The summed E-state index contributed by atoms with van der Waals surface area (Å²) in [5, 5.41) is 1.87. The molecule has 0 spiro atoms. The van der Waals surface area contributed by atoms with Crippen LogP contribution in [0.3, 0.4) is 0 Å². The van der Waals surface area contributed by atoms with E-state index in [4.69, 9.17) is 4.74 Å². The molecular weight excluding hydrogens is 294 g/mol. The lowest BCUT2D eigenvalue weighted by Gasteiger charge is -2.09. The highest BCUT2D eigenvalue weighted by molar-refractivity contribution is 7.88. The van der Waals surface area contributed by atoms with E-state index in [2.05, 4.69) is 14.7 Å². The van der Waals surface area contributed by atoms with E-state index in [0.717, 1.165) is 15.2 Å². The molecule has 7 heteroatoms. The Bertz CT molecular complexity index is 759. The van der Waals surface area contributed by atoms with Crippen molar-refractivity contribution in [2.24, 2.45) is 0 Å². The summed E-state index contributed by atoms with van der Waals surface area (Å²) in [5.41, 5.74) is 1.45.